The first-order valence-corrected chi connectivity index (χ1v) is 6.95. The van der Waals surface area contributed by atoms with Gasteiger partial charge in [-0.2, -0.15) is 0 Å². The van der Waals surface area contributed by atoms with E-state index in [2.05, 4.69) is 38.1 Å². The van der Waals surface area contributed by atoms with Crippen molar-refractivity contribution in [2.24, 2.45) is 0 Å². The van der Waals surface area contributed by atoms with Gasteiger partial charge in [0.15, 0.2) is 0 Å². The average molecular weight is 270 g/mol. The Morgan fingerprint density at radius 1 is 1.00 bits per heavy atom. The predicted octanol–water partition coefficient (Wildman–Crippen LogP) is 5.47. The van der Waals surface area contributed by atoms with Gasteiger partial charge < -0.3 is 0 Å². The quantitative estimate of drug-likeness (QED) is 0.534. The van der Waals surface area contributed by atoms with Gasteiger partial charge in [-0.3, -0.25) is 4.98 Å². The first kappa shape index (κ1) is 12.4. The SMILES string of the molecule is Cc1nc2c(ccc3ccccc32)c(Cl)c1C(C)C. The normalized spacial score (nSPS) is 11.6. The lowest BCUT2D eigenvalue weighted by atomic mass is 9.97. The summed E-state index contributed by atoms with van der Waals surface area (Å²) in [5.41, 5.74) is 3.19. The minimum atomic E-state index is 0.385. The maximum absolute atomic E-state index is 6.60. The van der Waals surface area contributed by atoms with Gasteiger partial charge in [0.1, 0.15) is 0 Å². The Kier molecular flexibility index (Phi) is 2.94. The fourth-order valence-electron chi connectivity index (χ4n) is 2.76. The molecule has 1 heterocycles. The average Bonchev–Trinajstić information content (AvgIpc) is 2.38. The van der Waals surface area contributed by atoms with E-state index in [0.29, 0.717) is 5.92 Å². The number of aryl methyl sites for hydroxylation is 1. The predicted molar refractivity (Wildman–Crippen MR) is 83.1 cm³/mol. The van der Waals surface area contributed by atoms with Crippen molar-refractivity contribution < 1.29 is 0 Å². The monoisotopic (exact) mass is 269 g/mol. The third-order valence-corrected chi connectivity index (χ3v) is 4.03. The molecular weight excluding hydrogens is 254 g/mol. The van der Waals surface area contributed by atoms with Gasteiger partial charge in [-0.1, -0.05) is 61.8 Å². The Hall–Kier alpha value is -1.60. The summed E-state index contributed by atoms with van der Waals surface area (Å²) < 4.78 is 0. The summed E-state index contributed by atoms with van der Waals surface area (Å²) in [5.74, 6) is 0.385. The van der Waals surface area contributed by atoms with E-state index in [-0.39, 0.29) is 0 Å². The van der Waals surface area contributed by atoms with E-state index in [1.807, 2.05) is 19.1 Å². The molecule has 3 rings (SSSR count). The zero-order valence-electron chi connectivity index (χ0n) is 11.4. The van der Waals surface area contributed by atoms with Gasteiger partial charge in [0, 0.05) is 16.5 Å². The molecule has 2 heteroatoms. The van der Waals surface area contributed by atoms with Crippen LogP contribution in [0.5, 0.6) is 0 Å². The molecule has 0 spiro atoms. The molecule has 0 saturated carbocycles. The molecule has 0 fully saturated rings. The van der Waals surface area contributed by atoms with Gasteiger partial charge in [0.2, 0.25) is 0 Å². The number of halogens is 1. The lowest BCUT2D eigenvalue weighted by molar-refractivity contribution is 0.848. The van der Waals surface area contributed by atoms with Crippen molar-refractivity contribution in [2.75, 3.05) is 0 Å². The van der Waals surface area contributed by atoms with Crippen molar-refractivity contribution in [2.45, 2.75) is 26.7 Å². The first-order chi connectivity index (χ1) is 9.09. The summed E-state index contributed by atoms with van der Waals surface area (Å²) in [6, 6.07) is 12.5. The molecule has 0 aliphatic rings. The van der Waals surface area contributed by atoms with E-state index in [4.69, 9.17) is 16.6 Å². The number of fused-ring (bicyclic) bond motifs is 3. The summed E-state index contributed by atoms with van der Waals surface area (Å²) in [6.07, 6.45) is 0. The number of pyridine rings is 1. The van der Waals surface area contributed by atoms with Crippen LogP contribution in [-0.4, -0.2) is 4.98 Å². The van der Waals surface area contributed by atoms with E-state index in [1.165, 1.54) is 10.8 Å². The number of benzene rings is 2. The van der Waals surface area contributed by atoms with Gasteiger partial charge in [0.25, 0.3) is 0 Å². The number of aromatic nitrogens is 1. The highest BCUT2D eigenvalue weighted by Crippen LogP contribution is 2.35. The number of nitrogens with zero attached hydrogens (tertiary/aromatic N) is 1. The minimum Gasteiger partial charge on any atom is -0.252 e. The van der Waals surface area contributed by atoms with Crippen LogP contribution in [0.4, 0.5) is 0 Å². The highest BCUT2D eigenvalue weighted by Gasteiger charge is 2.15. The summed E-state index contributed by atoms with van der Waals surface area (Å²) in [6.45, 7) is 6.36. The van der Waals surface area contributed by atoms with Gasteiger partial charge in [0.05, 0.1) is 10.5 Å². The Morgan fingerprint density at radius 2 is 1.74 bits per heavy atom. The van der Waals surface area contributed by atoms with Crippen molar-refractivity contribution in [1.29, 1.82) is 0 Å². The van der Waals surface area contributed by atoms with Crippen molar-refractivity contribution in [3.63, 3.8) is 0 Å². The fraction of sp³-hybridized carbons (Fsp3) is 0.235. The van der Waals surface area contributed by atoms with Gasteiger partial charge in [-0.25, -0.2) is 0 Å². The summed E-state index contributed by atoms with van der Waals surface area (Å²) in [4.78, 5) is 4.80. The molecule has 3 aromatic rings. The lowest BCUT2D eigenvalue weighted by Crippen LogP contribution is -1.98. The van der Waals surface area contributed by atoms with Crippen LogP contribution in [0.25, 0.3) is 21.7 Å². The molecule has 96 valence electrons. The highest BCUT2D eigenvalue weighted by atomic mass is 35.5. The Morgan fingerprint density at radius 3 is 2.47 bits per heavy atom. The third-order valence-electron chi connectivity index (χ3n) is 3.62. The van der Waals surface area contributed by atoms with E-state index < -0.39 is 0 Å². The van der Waals surface area contributed by atoms with E-state index in [1.54, 1.807) is 0 Å². The van der Waals surface area contributed by atoms with Crippen molar-refractivity contribution in [3.8, 4) is 0 Å². The molecule has 0 bridgehead atoms. The molecule has 0 unspecified atom stereocenters. The standard InChI is InChI=1S/C17H16ClN/c1-10(2)15-11(3)19-17-13-7-5-4-6-12(13)8-9-14(17)16(15)18/h4-10H,1-3H3. The maximum Gasteiger partial charge on any atom is 0.0798 e. The fourth-order valence-corrected chi connectivity index (χ4v) is 3.26. The Balaban J connectivity index is 2.50. The number of hydrogen-bond acceptors (Lipinski definition) is 1. The zero-order chi connectivity index (χ0) is 13.6. The molecule has 0 aliphatic carbocycles. The van der Waals surface area contributed by atoms with Crippen molar-refractivity contribution >= 4 is 33.3 Å². The van der Waals surface area contributed by atoms with Crippen LogP contribution in [0.15, 0.2) is 36.4 Å². The second-order valence-corrected chi connectivity index (χ2v) is 5.64. The highest BCUT2D eigenvalue weighted by molar-refractivity contribution is 6.37. The van der Waals surface area contributed by atoms with Gasteiger partial charge in [-0.05, 0) is 23.8 Å². The molecule has 19 heavy (non-hydrogen) atoms. The van der Waals surface area contributed by atoms with Crippen LogP contribution in [0, 0.1) is 6.92 Å². The topological polar surface area (TPSA) is 12.9 Å². The second kappa shape index (κ2) is 4.50. The van der Waals surface area contributed by atoms with E-state index in [9.17, 15) is 0 Å². The molecule has 0 radical (unpaired) electrons. The van der Waals surface area contributed by atoms with E-state index in [0.717, 1.165) is 27.2 Å². The minimum absolute atomic E-state index is 0.385. The van der Waals surface area contributed by atoms with Crippen LogP contribution in [0.3, 0.4) is 0 Å². The summed E-state index contributed by atoms with van der Waals surface area (Å²) in [5, 5.41) is 4.27. The largest absolute Gasteiger partial charge is 0.252 e. The van der Waals surface area contributed by atoms with Gasteiger partial charge >= 0.3 is 0 Å². The number of hydrogen-bond donors (Lipinski definition) is 0. The third kappa shape index (κ3) is 1.89. The second-order valence-electron chi connectivity index (χ2n) is 5.26. The van der Waals surface area contributed by atoms with Crippen LogP contribution in [-0.2, 0) is 0 Å². The molecule has 2 aromatic carbocycles. The lowest BCUT2D eigenvalue weighted by Gasteiger charge is -2.15. The molecule has 0 amide bonds. The summed E-state index contributed by atoms with van der Waals surface area (Å²) >= 11 is 6.60. The number of rotatable bonds is 1. The Bertz CT molecular complexity index is 775. The van der Waals surface area contributed by atoms with Crippen LogP contribution in [0.1, 0.15) is 31.0 Å². The maximum atomic E-state index is 6.60. The molecule has 1 aromatic heterocycles. The molecule has 0 N–H and O–H groups in total. The molecule has 1 nitrogen and oxygen atoms in total. The van der Waals surface area contributed by atoms with Crippen molar-refractivity contribution in [1.82, 2.24) is 4.98 Å². The van der Waals surface area contributed by atoms with Gasteiger partial charge in [-0.15, -0.1) is 0 Å². The zero-order valence-corrected chi connectivity index (χ0v) is 12.1. The molecular formula is C17H16ClN. The summed E-state index contributed by atoms with van der Waals surface area (Å²) in [7, 11) is 0. The molecule has 0 atom stereocenters. The molecule has 0 saturated heterocycles. The first-order valence-electron chi connectivity index (χ1n) is 6.57. The van der Waals surface area contributed by atoms with E-state index >= 15 is 0 Å². The van der Waals surface area contributed by atoms with Crippen molar-refractivity contribution in [3.05, 3.63) is 52.7 Å². The van der Waals surface area contributed by atoms with Crippen LogP contribution < -0.4 is 0 Å². The van der Waals surface area contributed by atoms with Crippen LogP contribution >= 0.6 is 11.6 Å². The Labute approximate surface area is 118 Å². The smallest absolute Gasteiger partial charge is 0.0798 e. The molecule has 0 aliphatic heterocycles. The van der Waals surface area contributed by atoms with Crippen LogP contribution in [0.2, 0.25) is 5.02 Å².